The molecule has 1 unspecified atom stereocenters. The molecule has 0 amide bonds. The molecule has 0 aliphatic heterocycles. The summed E-state index contributed by atoms with van der Waals surface area (Å²) in [5.74, 6) is 5.02. The lowest BCUT2D eigenvalue weighted by molar-refractivity contribution is 0.546. The highest BCUT2D eigenvalue weighted by Gasteiger charge is 2.22. The molecule has 102 valence electrons. The molecule has 1 atom stereocenters. The Labute approximate surface area is 123 Å². The van der Waals surface area contributed by atoms with E-state index < -0.39 is 11.9 Å². The third-order valence-electron chi connectivity index (χ3n) is 2.97. The SMILES string of the molecule is Cc1cc(C(NN)c2ccc(Br)c(Cl)c2F)nn1C. The molecule has 2 rings (SSSR count). The van der Waals surface area contributed by atoms with Gasteiger partial charge in [-0.05, 0) is 35.0 Å². The van der Waals surface area contributed by atoms with Crippen molar-refractivity contribution >= 4 is 27.5 Å². The van der Waals surface area contributed by atoms with Crippen molar-refractivity contribution in [3.8, 4) is 0 Å². The van der Waals surface area contributed by atoms with Crippen LogP contribution in [-0.2, 0) is 7.05 Å². The van der Waals surface area contributed by atoms with Gasteiger partial charge in [0.15, 0.2) is 0 Å². The predicted molar refractivity (Wildman–Crippen MR) is 76.2 cm³/mol. The molecule has 19 heavy (non-hydrogen) atoms. The molecule has 3 N–H and O–H groups in total. The van der Waals surface area contributed by atoms with Crippen molar-refractivity contribution in [2.24, 2.45) is 12.9 Å². The molecule has 1 aromatic heterocycles. The first kappa shape index (κ1) is 14.5. The lowest BCUT2D eigenvalue weighted by Crippen LogP contribution is -2.30. The van der Waals surface area contributed by atoms with Gasteiger partial charge in [0, 0.05) is 22.8 Å². The van der Waals surface area contributed by atoms with E-state index in [9.17, 15) is 4.39 Å². The molecular weight excluding hydrogens is 335 g/mol. The summed E-state index contributed by atoms with van der Waals surface area (Å²) in [7, 11) is 1.82. The van der Waals surface area contributed by atoms with Crippen LogP contribution >= 0.6 is 27.5 Å². The maximum Gasteiger partial charge on any atom is 0.148 e. The second-order valence-electron chi connectivity index (χ2n) is 4.20. The third kappa shape index (κ3) is 2.67. The summed E-state index contributed by atoms with van der Waals surface area (Å²) < 4.78 is 16.4. The van der Waals surface area contributed by atoms with Crippen molar-refractivity contribution < 1.29 is 4.39 Å². The van der Waals surface area contributed by atoms with Gasteiger partial charge in [-0.1, -0.05) is 17.7 Å². The van der Waals surface area contributed by atoms with Crippen molar-refractivity contribution in [2.45, 2.75) is 13.0 Å². The number of nitrogens with zero attached hydrogens (tertiary/aromatic N) is 2. The number of aromatic nitrogens is 2. The van der Waals surface area contributed by atoms with E-state index in [1.807, 2.05) is 20.0 Å². The van der Waals surface area contributed by atoms with Crippen LogP contribution in [0.5, 0.6) is 0 Å². The number of halogens is 3. The Morgan fingerprint density at radius 3 is 2.74 bits per heavy atom. The van der Waals surface area contributed by atoms with Crippen LogP contribution in [0.25, 0.3) is 0 Å². The minimum absolute atomic E-state index is 0.0328. The van der Waals surface area contributed by atoms with Crippen LogP contribution < -0.4 is 11.3 Å². The smallest absolute Gasteiger partial charge is 0.148 e. The van der Waals surface area contributed by atoms with Gasteiger partial charge in [0.05, 0.1) is 16.8 Å². The molecule has 0 aliphatic carbocycles. The number of aryl methyl sites for hydroxylation is 2. The summed E-state index contributed by atoms with van der Waals surface area (Å²) in [6.07, 6.45) is 0. The van der Waals surface area contributed by atoms with Crippen LogP contribution in [0.2, 0.25) is 5.02 Å². The van der Waals surface area contributed by atoms with E-state index in [0.29, 0.717) is 15.7 Å². The molecule has 0 aliphatic rings. The fourth-order valence-corrected chi connectivity index (χ4v) is 2.31. The number of rotatable bonds is 3. The highest BCUT2D eigenvalue weighted by molar-refractivity contribution is 9.10. The third-order valence-corrected chi connectivity index (χ3v) is 4.23. The van der Waals surface area contributed by atoms with Gasteiger partial charge in [-0.15, -0.1) is 0 Å². The standard InChI is InChI=1S/C12H13BrClFN4/c1-6-5-9(18-19(6)2)12(17-16)7-3-4-8(13)10(14)11(7)15/h3-5,12,17H,16H2,1-2H3. The maximum atomic E-state index is 14.2. The summed E-state index contributed by atoms with van der Waals surface area (Å²) >= 11 is 9.07. The first-order valence-electron chi connectivity index (χ1n) is 5.55. The summed E-state index contributed by atoms with van der Waals surface area (Å²) in [5, 5.41) is 4.34. The average Bonchev–Trinajstić information content (AvgIpc) is 2.70. The summed E-state index contributed by atoms with van der Waals surface area (Å²) in [6, 6.07) is 4.60. The first-order chi connectivity index (χ1) is 8.95. The van der Waals surface area contributed by atoms with Crippen LogP contribution in [0.4, 0.5) is 4.39 Å². The summed E-state index contributed by atoms with van der Waals surface area (Å²) in [4.78, 5) is 0. The van der Waals surface area contributed by atoms with Crippen molar-refractivity contribution in [1.29, 1.82) is 0 Å². The second kappa shape index (κ2) is 5.58. The number of nitrogens with one attached hydrogen (secondary N) is 1. The molecule has 0 saturated carbocycles. The number of benzene rings is 1. The molecule has 0 fully saturated rings. The van der Waals surface area contributed by atoms with E-state index in [-0.39, 0.29) is 5.02 Å². The van der Waals surface area contributed by atoms with E-state index in [1.54, 1.807) is 16.8 Å². The molecule has 0 spiro atoms. The van der Waals surface area contributed by atoms with Crippen molar-refractivity contribution in [3.63, 3.8) is 0 Å². The number of hydrogen-bond donors (Lipinski definition) is 2. The van der Waals surface area contributed by atoms with Gasteiger partial charge in [0.25, 0.3) is 0 Å². The monoisotopic (exact) mass is 346 g/mol. The molecule has 0 radical (unpaired) electrons. The minimum atomic E-state index is -0.550. The van der Waals surface area contributed by atoms with Crippen LogP contribution in [-0.4, -0.2) is 9.78 Å². The molecule has 1 heterocycles. The summed E-state index contributed by atoms with van der Waals surface area (Å²) in [5.41, 5.74) is 4.52. The van der Waals surface area contributed by atoms with Crippen LogP contribution in [0.3, 0.4) is 0 Å². The zero-order valence-corrected chi connectivity index (χ0v) is 12.8. The minimum Gasteiger partial charge on any atom is -0.273 e. The molecular formula is C12H13BrClFN4. The van der Waals surface area contributed by atoms with Crippen LogP contribution in [0.1, 0.15) is 23.0 Å². The molecule has 1 aromatic carbocycles. The predicted octanol–water partition coefficient (Wildman–Crippen LogP) is 2.84. The van der Waals surface area contributed by atoms with E-state index in [1.165, 1.54) is 0 Å². The van der Waals surface area contributed by atoms with Crippen molar-refractivity contribution in [1.82, 2.24) is 15.2 Å². The molecule has 7 heteroatoms. The van der Waals surface area contributed by atoms with E-state index >= 15 is 0 Å². The fourth-order valence-electron chi connectivity index (χ4n) is 1.83. The van der Waals surface area contributed by atoms with Crippen molar-refractivity contribution in [2.75, 3.05) is 0 Å². The second-order valence-corrected chi connectivity index (χ2v) is 5.43. The Kier molecular flexibility index (Phi) is 4.25. The number of hydrazine groups is 1. The van der Waals surface area contributed by atoms with Gasteiger partial charge in [-0.2, -0.15) is 5.10 Å². The maximum absolute atomic E-state index is 14.2. The molecule has 0 bridgehead atoms. The topological polar surface area (TPSA) is 55.9 Å². The fraction of sp³-hybridized carbons (Fsp3) is 0.250. The Bertz CT molecular complexity index is 595. The van der Waals surface area contributed by atoms with Gasteiger partial charge < -0.3 is 0 Å². The summed E-state index contributed by atoms with van der Waals surface area (Å²) in [6.45, 7) is 1.91. The van der Waals surface area contributed by atoms with E-state index in [0.717, 1.165) is 5.69 Å². The zero-order chi connectivity index (χ0) is 14.2. The lowest BCUT2D eigenvalue weighted by atomic mass is 10.0. The van der Waals surface area contributed by atoms with Crippen molar-refractivity contribution in [3.05, 3.63) is 50.5 Å². The molecule has 0 saturated heterocycles. The largest absolute Gasteiger partial charge is 0.273 e. The molecule has 2 aromatic rings. The van der Waals surface area contributed by atoms with Gasteiger partial charge in [0.2, 0.25) is 0 Å². The quantitative estimate of drug-likeness (QED) is 0.510. The van der Waals surface area contributed by atoms with Gasteiger partial charge in [-0.25, -0.2) is 9.82 Å². The lowest BCUT2D eigenvalue weighted by Gasteiger charge is -2.16. The Morgan fingerprint density at radius 2 is 2.21 bits per heavy atom. The van der Waals surface area contributed by atoms with Gasteiger partial charge in [-0.3, -0.25) is 10.5 Å². The van der Waals surface area contributed by atoms with Gasteiger partial charge in [0.1, 0.15) is 5.82 Å². The van der Waals surface area contributed by atoms with E-state index in [4.69, 9.17) is 17.4 Å². The zero-order valence-electron chi connectivity index (χ0n) is 10.4. The molecule has 4 nitrogen and oxygen atoms in total. The van der Waals surface area contributed by atoms with Crippen LogP contribution in [0, 0.1) is 12.7 Å². The normalized spacial score (nSPS) is 12.7. The first-order valence-corrected chi connectivity index (χ1v) is 6.73. The van der Waals surface area contributed by atoms with E-state index in [2.05, 4.69) is 26.5 Å². The Morgan fingerprint density at radius 1 is 1.53 bits per heavy atom. The highest BCUT2D eigenvalue weighted by atomic mass is 79.9. The van der Waals surface area contributed by atoms with Crippen LogP contribution in [0.15, 0.2) is 22.7 Å². The Hall–Kier alpha value is -0.950. The van der Waals surface area contributed by atoms with Gasteiger partial charge >= 0.3 is 0 Å². The number of hydrogen-bond acceptors (Lipinski definition) is 3. The highest BCUT2D eigenvalue weighted by Crippen LogP contribution is 2.32. The Balaban J connectivity index is 2.51. The average molecular weight is 348 g/mol. The number of nitrogens with two attached hydrogens (primary N) is 1.